The lowest BCUT2D eigenvalue weighted by Crippen LogP contribution is -2.41. The Kier molecular flexibility index (Phi) is 2.42. The minimum absolute atomic E-state index is 0.195. The van der Waals surface area contributed by atoms with Crippen LogP contribution in [0, 0.1) is 6.92 Å². The maximum absolute atomic E-state index is 6.32. The van der Waals surface area contributed by atoms with E-state index in [0.29, 0.717) is 0 Å². The van der Waals surface area contributed by atoms with Crippen LogP contribution in [0.5, 0.6) is 5.75 Å². The second-order valence-corrected chi connectivity index (χ2v) is 5.46. The van der Waals surface area contributed by atoms with Crippen molar-refractivity contribution in [2.75, 3.05) is 0 Å². The standard InChI is InChI=1S/C15H20O/c1-12-5-6-14-13(11-12)7-10-15(16-14)8-3-2-4-9-15/h5-6,11H,2-4,7-10H2,1H3. The molecule has 16 heavy (non-hydrogen) atoms. The SMILES string of the molecule is Cc1ccc2c(c1)CCC1(CCCCC1)O2. The molecule has 0 amide bonds. The minimum Gasteiger partial charge on any atom is -0.487 e. The first kappa shape index (κ1) is 10.2. The minimum atomic E-state index is 0.195. The molecule has 0 N–H and O–H groups in total. The first-order chi connectivity index (χ1) is 7.77. The van der Waals surface area contributed by atoms with Gasteiger partial charge in [-0.2, -0.15) is 0 Å². The molecule has 3 rings (SSSR count). The average Bonchev–Trinajstić information content (AvgIpc) is 2.31. The molecule has 0 saturated heterocycles. The van der Waals surface area contributed by atoms with E-state index >= 15 is 0 Å². The van der Waals surface area contributed by atoms with E-state index in [0.717, 1.165) is 5.75 Å². The van der Waals surface area contributed by atoms with Crippen molar-refractivity contribution in [3.8, 4) is 5.75 Å². The summed E-state index contributed by atoms with van der Waals surface area (Å²) >= 11 is 0. The van der Waals surface area contributed by atoms with Gasteiger partial charge in [0.05, 0.1) is 0 Å². The third-order valence-electron chi connectivity index (χ3n) is 4.16. The summed E-state index contributed by atoms with van der Waals surface area (Å²) in [5.74, 6) is 1.15. The summed E-state index contributed by atoms with van der Waals surface area (Å²) in [6.07, 6.45) is 9.05. The van der Waals surface area contributed by atoms with Crippen molar-refractivity contribution in [3.05, 3.63) is 29.3 Å². The number of aryl methyl sites for hydroxylation is 2. The predicted octanol–water partition coefficient (Wildman–Crippen LogP) is 4.02. The summed E-state index contributed by atoms with van der Waals surface area (Å²) in [5, 5.41) is 0. The fourth-order valence-corrected chi connectivity index (χ4v) is 3.20. The Balaban J connectivity index is 1.88. The summed E-state index contributed by atoms with van der Waals surface area (Å²) < 4.78 is 6.32. The third-order valence-corrected chi connectivity index (χ3v) is 4.16. The molecule has 0 aromatic heterocycles. The van der Waals surface area contributed by atoms with Crippen molar-refractivity contribution in [1.82, 2.24) is 0 Å². The quantitative estimate of drug-likeness (QED) is 0.636. The van der Waals surface area contributed by atoms with E-state index in [4.69, 9.17) is 4.74 Å². The summed E-state index contributed by atoms with van der Waals surface area (Å²) in [5.41, 5.74) is 2.96. The normalized spacial score (nSPS) is 22.6. The van der Waals surface area contributed by atoms with Crippen LogP contribution in [0.3, 0.4) is 0 Å². The van der Waals surface area contributed by atoms with Crippen molar-refractivity contribution in [2.45, 2.75) is 57.5 Å². The second-order valence-electron chi connectivity index (χ2n) is 5.46. The van der Waals surface area contributed by atoms with Crippen molar-refractivity contribution in [2.24, 2.45) is 0 Å². The number of benzene rings is 1. The molecule has 1 aliphatic carbocycles. The van der Waals surface area contributed by atoms with Gasteiger partial charge in [0.2, 0.25) is 0 Å². The van der Waals surface area contributed by atoms with Crippen LogP contribution >= 0.6 is 0 Å². The predicted molar refractivity (Wildman–Crippen MR) is 65.9 cm³/mol. The number of rotatable bonds is 0. The molecule has 0 bridgehead atoms. The highest BCUT2D eigenvalue weighted by Gasteiger charge is 2.37. The molecule has 2 aliphatic rings. The van der Waals surface area contributed by atoms with Crippen molar-refractivity contribution in [1.29, 1.82) is 0 Å². The molecule has 1 heterocycles. The molecule has 0 radical (unpaired) electrons. The van der Waals surface area contributed by atoms with Crippen LogP contribution in [0.25, 0.3) is 0 Å². The monoisotopic (exact) mass is 216 g/mol. The lowest BCUT2D eigenvalue weighted by Gasteiger charge is -2.41. The fourth-order valence-electron chi connectivity index (χ4n) is 3.20. The molecular weight excluding hydrogens is 196 g/mol. The van der Waals surface area contributed by atoms with Crippen molar-refractivity contribution >= 4 is 0 Å². The molecule has 1 nitrogen and oxygen atoms in total. The van der Waals surface area contributed by atoms with E-state index in [1.807, 2.05) is 0 Å². The Morgan fingerprint density at radius 3 is 2.69 bits per heavy atom. The van der Waals surface area contributed by atoms with Gasteiger partial charge in [0.15, 0.2) is 0 Å². The topological polar surface area (TPSA) is 9.23 Å². The van der Waals surface area contributed by atoms with Crippen LogP contribution in [0.4, 0.5) is 0 Å². The third kappa shape index (κ3) is 1.73. The molecule has 1 aromatic carbocycles. The second kappa shape index (κ2) is 3.80. The highest BCUT2D eigenvalue weighted by atomic mass is 16.5. The van der Waals surface area contributed by atoms with E-state index in [1.54, 1.807) is 0 Å². The van der Waals surface area contributed by atoms with E-state index < -0.39 is 0 Å². The Bertz CT molecular complexity index is 388. The molecule has 1 aliphatic heterocycles. The first-order valence-electron chi connectivity index (χ1n) is 6.56. The molecule has 0 unspecified atom stereocenters. The Morgan fingerprint density at radius 1 is 1.06 bits per heavy atom. The molecule has 86 valence electrons. The average molecular weight is 216 g/mol. The Labute approximate surface area is 97.8 Å². The summed E-state index contributed by atoms with van der Waals surface area (Å²) in [6, 6.07) is 6.62. The number of hydrogen-bond acceptors (Lipinski definition) is 1. The zero-order valence-electron chi connectivity index (χ0n) is 10.1. The van der Waals surface area contributed by atoms with Crippen LogP contribution in [0.1, 0.15) is 49.7 Å². The largest absolute Gasteiger partial charge is 0.487 e. The van der Waals surface area contributed by atoms with Crippen LogP contribution in [-0.4, -0.2) is 5.60 Å². The molecule has 0 atom stereocenters. The molecule has 1 spiro atoms. The van der Waals surface area contributed by atoms with Gasteiger partial charge in [-0.15, -0.1) is 0 Å². The lowest BCUT2D eigenvalue weighted by molar-refractivity contribution is 0.0108. The molecule has 1 saturated carbocycles. The van der Waals surface area contributed by atoms with Crippen LogP contribution in [0.2, 0.25) is 0 Å². The zero-order chi connectivity index (χ0) is 11.0. The number of hydrogen-bond donors (Lipinski definition) is 0. The Hall–Kier alpha value is -0.980. The summed E-state index contributed by atoms with van der Waals surface area (Å²) in [4.78, 5) is 0. The van der Waals surface area contributed by atoms with Crippen molar-refractivity contribution in [3.63, 3.8) is 0 Å². The maximum atomic E-state index is 6.32. The van der Waals surface area contributed by atoms with Gasteiger partial charge in [-0.3, -0.25) is 0 Å². The highest BCUT2D eigenvalue weighted by molar-refractivity contribution is 5.39. The molecule has 1 aromatic rings. The van der Waals surface area contributed by atoms with Gasteiger partial charge in [-0.05, 0) is 57.1 Å². The van der Waals surface area contributed by atoms with Crippen LogP contribution < -0.4 is 4.74 Å². The molecule has 1 fully saturated rings. The lowest BCUT2D eigenvalue weighted by atomic mass is 9.79. The fraction of sp³-hybridized carbons (Fsp3) is 0.600. The van der Waals surface area contributed by atoms with Gasteiger partial charge in [0.1, 0.15) is 11.4 Å². The Morgan fingerprint density at radius 2 is 1.88 bits per heavy atom. The van der Waals surface area contributed by atoms with E-state index in [-0.39, 0.29) is 5.60 Å². The zero-order valence-corrected chi connectivity index (χ0v) is 10.1. The number of ether oxygens (including phenoxy) is 1. The van der Waals surface area contributed by atoms with Gasteiger partial charge in [0.25, 0.3) is 0 Å². The number of fused-ring (bicyclic) bond motifs is 1. The smallest absolute Gasteiger partial charge is 0.123 e. The molecule has 1 heteroatoms. The first-order valence-corrected chi connectivity index (χ1v) is 6.56. The van der Waals surface area contributed by atoms with Gasteiger partial charge >= 0.3 is 0 Å². The summed E-state index contributed by atoms with van der Waals surface area (Å²) in [7, 11) is 0. The summed E-state index contributed by atoms with van der Waals surface area (Å²) in [6.45, 7) is 2.16. The molecular formula is C15H20O. The van der Waals surface area contributed by atoms with E-state index in [2.05, 4.69) is 25.1 Å². The van der Waals surface area contributed by atoms with E-state index in [9.17, 15) is 0 Å². The van der Waals surface area contributed by atoms with Gasteiger partial charge in [-0.25, -0.2) is 0 Å². The van der Waals surface area contributed by atoms with Gasteiger partial charge in [0, 0.05) is 0 Å². The van der Waals surface area contributed by atoms with Gasteiger partial charge in [-0.1, -0.05) is 24.1 Å². The van der Waals surface area contributed by atoms with Gasteiger partial charge < -0.3 is 4.74 Å². The maximum Gasteiger partial charge on any atom is 0.123 e. The van der Waals surface area contributed by atoms with Crippen LogP contribution in [0.15, 0.2) is 18.2 Å². The van der Waals surface area contributed by atoms with E-state index in [1.165, 1.54) is 56.1 Å². The highest BCUT2D eigenvalue weighted by Crippen LogP contribution is 2.41. The van der Waals surface area contributed by atoms with Crippen LogP contribution in [-0.2, 0) is 6.42 Å². The van der Waals surface area contributed by atoms with Crippen molar-refractivity contribution < 1.29 is 4.74 Å².